The molecule has 1 amide bonds. The van der Waals surface area contributed by atoms with E-state index in [0.29, 0.717) is 6.54 Å². The Morgan fingerprint density at radius 2 is 2.00 bits per heavy atom. The van der Waals surface area contributed by atoms with Gasteiger partial charge in [-0.15, -0.1) is 11.3 Å². The fraction of sp³-hybridized carbons (Fsp3) is 0.389. The molecule has 1 aromatic heterocycles. The molecule has 0 fully saturated rings. The molecule has 1 unspecified atom stereocenters. The van der Waals surface area contributed by atoms with Crippen molar-refractivity contribution in [3.05, 3.63) is 57.8 Å². The molecular formula is C18H24N2OS. The average Bonchev–Trinajstić information content (AvgIpc) is 2.99. The van der Waals surface area contributed by atoms with E-state index in [4.69, 9.17) is 0 Å². The van der Waals surface area contributed by atoms with E-state index in [1.54, 1.807) is 11.3 Å². The summed E-state index contributed by atoms with van der Waals surface area (Å²) in [6.07, 6.45) is 1.04. The fourth-order valence-corrected chi connectivity index (χ4v) is 3.17. The molecule has 2 rings (SSSR count). The molecule has 1 aromatic carbocycles. The number of carbonyl (C=O) groups excluding carboxylic acids is 1. The Balaban J connectivity index is 1.82. The zero-order chi connectivity index (χ0) is 15.9. The summed E-state index contributed by atoms with van der Waals surface area (Å²) in [7, 11) is 1.97. The Kier molecular flexibility index (Phi) is 6.16. The molecule has 0 spiro atoms. The molecular weight excluding hydrogens is 292 g/mol. The van der Waals surface area contributed by atoms with E-state index < -0.39 is 0 Å². The fourth-order valence-electron chi connectivity index (χ4n) is 2.38. The maximum atomic E-state index is 12.1. The third-order valence-electron chi connectivity index (χ3n) is 3.68. The molecule has 2 aromatic rings. The number of aryl methyl sites for hydroxylation is 1. The molecule has 118 valence electrons. The van der Waals surface area contributed by atoms with Crippen LogP contribution in [0.4, 0.5) is 0 Å². The molecule has 1 atom stereocenters. The minimum absolute atomic E-state index is 0.0357. The van der Waals surface area contributed by atoms with Gasteiger partial charge in [-0.3, -0.25) is 9.69 Å². The maximum Gasteiger partial charge on any atom is 0.234 e. The summed E-state index contributed by atoms with van der Waals surface area (Å²) in [6.45, 7) is 5.39. The number of nitrogens with zero attached hydrogens (tertiary/aromatic N) is 1. The highest BCUT2D eigenvalue weighted by Crippen LogP contribution is 2.14. The highest BCUT2D eigenvalue weighted by atomic mass is 32.1. The molecule has 3 nitrogen and oxygen atoms in total. The Labute approximate surface area is 137 Å². The van der Waals surface area contributed by atoms with Crippen molar-refractivity contribution in [1.29, 1.82) is 0 Å². The summed E-state index contributed by atoms with van der Waals surface area (Å²) in [5.74, 6) is 0.0612. The quantitative estimate of drug-likeness (QED) is 0.846. The van der Waals surface area contributed by atoms with E-state index in [0.717, 1.165) is 18.5 Å². The molecule has 22 heavy (non-hydrogen) atoms. The van der Waals surface area contributed by atoms with Gasteiger partial charge in [0, 0.05) is 11.4 Å². The molecule has 0 aliphatic carbocycles. The molecule has 0 aliphatic heterocycles. The van der Waals surface area contributed by atoms with Gasteiger partial charge in [0.25, 0.3) is 0 Å². The summed E-state index contributed by atoms with van der Waals surface area (Å²) in [4.78, 5) is 15.5. The second kappa shape index (κ2) is 8.11. The summed E-state index contributed by atoms with van der Waals surface area (Å²) in [5, 5.41) is 5.13. The van der Waals surface area contributed by atoms with Crippen molar-refractivity contribution in [2.75, 3.05) is 13.6 Å². The lowest BCUT2D eigenvalue weighted by Gasteiger charge is -2.19. The smallest absolute Gasteiger partial charge is 0.234 e. The van der Waals surface area contributed by atoms with Gasteiger partial charge in [0.05, 0.1) is 12.6 Å². The van der Waals surface area contributed by atoms with Gasteiger partial charge in [0.2, 0.25) is 5.91 Å². The highest BCUT2D eigenvalue weighted by Gasteiger charge is 2.12. The van der Waals surface area contributed by atoms with Gasteiger partial charge < -0.3 is 5.32 Å². The van der Waals surface area contributed by atoms with Gasteiger partial charge in [-0.25, -0.2) is 0 Å². The Morgan fingerprint density at radius 1 is 1.27 bits per heavy atom. The van der Waals surface area contributed by atoms with E-state index in [2.05, 4.69) is 48.0 Å². The van der Waals surface area contributed by atoms with Crippen molar-refractivity contribution in [1.82, 2.24) is 10.2 Å². The van der Waals surface area contributed by atoms with E-state index in [9.17, 15) is 4.79 Å². The second-order valence-corrected chi connectivity index (χ2v) is 6.67. The summed E-state index contributed by atoms with van der Waals surface area (Å²) >= 11 is 1.72. The minimum atomic E-state index is 0.0357. The van der Waals surface area contributed by atoms with Crippen molar-refractivity contribution >= 4 is 17.2 Å². The van der Waals surface area contributed by atoms with Gasteiger partial charge in [-0.2, -0.15) is 0 Å². The lowest BCUT2D eigenvalue weighted by Crippen LogP contribution is -2.36. The Hall–Kier alpha value is -1.65. The first-order valence-corrected chi connectivity index (χ1v) is 8.55. The third-order valence-corrected chi connectivity index (χ3v) is 4.55. The Morgan fingerprint density at radius 3 is 2.59 bits per heavy atom. The molecule has 4 heteroatoms. The Bertz CT molecular complexity index is 578. The average molecular weight is 316 g/mol. The number of carbonyl (C=O) groups is 1. The molecule has 0 aliphatic rings. The number of amides is 1. The van der Waals surface area contributed by atoms with Crippen molar-refractivity contribution in [2.45, 2.75) is 32.9 Å². The van der Waals surface area contributed by atoms with Crippen LogP contribution in [0.1, 0.15) is 35.9 Å². The zero-order valence-corrected chi connectivity index (χ0v) is 14.3. The number of hydrogen-bond donors (Lipinski definition) is 1. The van der Waals surface area contributed by atoms with E-state index >= 15 is 0 Å². The molecule has 1 heterocycles. The van der Waals surface area contributed by atoms with Crippen molar-refractivity contribution in [3.8, 4) is 0 Å². The summed E-state index contributed by atoms with van der Waals surface area (Å²) in [5.41, 5.74) is 2.46. The zero-order valence-electron chi connectivity index (χ0n) is 13.5. The molecule has 0 radical (unpaired) electrons. The molecule has 0 bridgehead atoms. The first kappa shape index (κ1) is 16.7. The number of nitrogens with one attached hydrogen (secondary N) is 1. The van der Waals surface area contributed by atoms with Crippen molar-refractivity contribution in [3.63, 3.8) is 0 Å². The first-order chi connectivity index (χ1) is 10.6. The van der Waals surface area contributed by atoms with Crippen LogP contribution in [0.15, 0.2) is 41.8 Å². The lowest BCUT2D eigenvalue weighted by molar-refractivity contribution is -0.122. The number of thiophene rings is 1. The first-order valence-electron chi connectivity index (χ1n) is 7.67. The lowest BCUT2D eigenvalue weighted by atomic mass is 10.1. The monoisotopic (exact) mass is 316 g/mol. The van der Waals surface area contributed by atoms with Gasteiger partial charge in [0.1, 0.15) is 0 Å². The molecule has 1 N–H and O–H groups in total. The van der Waals surface area contributed by atoms with Crippen LogP contribution in [0.25, 0.3) is 0 Å². The predicted molar refractivity (Wildman–Crippen MR) is 93.0 cm³/mol. The van der Waals surface area contributed by atoms with Crippen molar-refractivity contribution in [2.24, 2.45) is 0 Å². The number of hydrogen-bond acceptors (Lipinski definition) is 3. The van der Waals surface area contributed by atoms with Gasteiger partial charge in [0.15, 0.2) is 0 Å². The minimum Gasteiger partial charge on any atom is -0.348 e. The van der Waals surface area contributed by atoms with Crippen LogP contribution in [-0.4, -0.2) is 24.4 Å². The second-order valence-electron chi connectivity index (χ2n) is 5.64. The number of likely N-dealkylation sites (N-methyl/N-ethyl adjacent to an activating group) is 1. The normalized spacial score (nSPS) is 12.4. The van der Waals surface area contributed by atoms with E-state index in [1.165, 1.54) is 10.4 Å². The predicted octanol–water partition coefficient (Wildman–Crippen LogP) is 3.62. The standard InChI is InChI=1S/C18H24N2OS/c1-4-15-7-9-16(10-8-15)14(2)19-18(21)13-20(3)12-17-6-5-11-22-17/h5-11,14H,4,12-13H2,1-3H3,(H,19,21). The van der Waals surface area contributed by atoms with Gasteiger partial charge in [-0.1, -0.05) is 37.3 Å². The largest absolute Gasteiger partial charge is 0.348 e. The summed E-state index contributed by atoms with van der Waals surface area (Å²) in [6, 6.07) is 12.6. The number of rotatable bonds is 7. The van der Waals surface area contributed by atoms with Gasteiger partial charge >= 0.3 is 0 Å². The topological polar surface area (TPSA) is 32.3 Å². The molecule has 0 saturated carbocycles. The highest BCUT2D eigenvalue weighted by molar-refractivity contribution is 7.09. The van der Waals surface area contributed by atoms with Crippen LogP contribution < -0.4 is 5.32 Å². The maximum absolute atomic E-state index is 12.1. The van der Waals surface area contributed by atoms with Gasteiger partial charge in [-0.05, 0) is 43.0 Å². The van der Waals surface area contributed by atoms with Crippen LogP contribution in [0.3, 0.4) is 0 Å². The van der Waals surface area contributed by atoms with Crippen LogP contribution in [0.5, 0.6) is 0 Å². The van der Waals surface area contributed by atoms with Crippen LogP contribution >= 0.6 is 11.3 Å². The van der Waals surface area contributed by atoms with Crippen molar-refractivity contribution < 1.29 is 4.79 Å². The van der Waals surface area contributed by atoms with Crippen LogP contribution in [0, 0.1) is 0 Å². The number of benzene rings is 1. The molecule has 0 saturated heterocycles. The third kappa shape index (κ3) is 4.97. The van der Waals surface area contributed by atoms with Crippen LogP contribution in [-0.2, 0) is 17.8 Å². The summed E-state index contributed by atoms with van der Waals surface area (Å²) < 4.78 is 0. The van der Waals surface area contributed by atoms with E-state index in [-0.39, 0.29) is 11.9 Å². The van der Waals surface area contributed by atoms with Crippen LogP contribution in [0.2, 0.25) is 0 Å². The SMILES string of the molecule is CCc1ccc(C(C)NC(=O)CN(C)Cc2cccs2)cc1. The van der Waals surface area contributed by atoms with E-state index in [1.807, 2.05) is 24.9 Å².